The van der Waals surface area contributed by atoms with Crippen molar-refractivity contribution in [2.24, 2.45) is 5.73 Å². The number of hydrogen-bond donors (Lipinski definition) is 3. The molecule has 5 N–H and O–H groups in total. The van der Waals surface area contributed by atoms with E-state index in [2.05, 4.69) is 10.3 Å². The molecule has 0 aliphatic heterocycles. The molecule has 1 aliphatic carbocycles. The van der Waals surface area contributed by atoms with Gasteiger partial charge in [0.25, 0.3) is 5.91 Å². The Bertz CT molecular complexity index is 465. The third kappa shape index (κ3) is 2.45. The van der Waals surface area contributed by atoms with E-state index in [1.54, 1.807) is 0 Å². The molecule has 2 rings (SSSR count). The van der Waals surface area contributed by atoms with Crippen LogP contribution in [0.3, 0.4) is 0 Å². The molecule has 2 amide bonds. The first-order valence-corrected chi connectivity index (χ1v) is 6.69. The molecule has 1 saturated carbocycles. The average molecular weight is 268 g/mol. The molecule has 7 heteroatoms. The second-order valence-corrected chi connectivity index (χ2v) is 5.59. The number of nitrogens with two attached hydrogens (primary N) is 2. The number of primary amides is 1. The molecule has 0 unspecified atom stereocenters. The number of carbonyl (C=O) groups excluding carboxylic acids is 2. The van der Waals surface area contributed by atoms with Crippen LogP contribution in [-0.4, -0.2) is 22.3 Å². The lowest BCUT2D eigenvalue weighted by Crippen LogP contribution is -2.58. The van der Waals surface area contributed by atoms with Crippen LogP contribution >= 0.6 is 11.3 Å². The fourth-order valence-electron chi connectivity index (χ4n) is 2.26. The summed E-state index contributed by atoms with van der Waals surface area (Å²) in [5, 5.41) is 3.09. The van der Waals surface area contributed by atoms with E-state index in [9.17, 15) is 9.59 Å². The molecule has 0 saturated heterocycles. The normalized spacial score (nSPS) is 18.2. The zero-order valence-electron chi connectivity index (χ0n) is 9.94. The highest BCUT2D eigenvalue weighted by molar-refractivity contribution is 7.17. The van der Waals surface area contributed by atoms with Crippen molar-refractivity contribution in [1.82, 2.24) is 10.3 Å². The Labute approximate surface area is 109 Å². The number of nitrogens with one attached hydrogen (secondary N) is 1. The lowest BCUT2D eigenvalue weighted by molar-refractivity contribution is -0.125. The van der Waals surface area contributed by atoms with Gasteiger partial charge in [0.2, 0.25) is 5.91 Å². The van der Waals surface area contributed by atoms with Gasteiger partial charge >= 0.3 is 0 Å². The smallest absolute Gasteiger partial charge is 0.263 e. The zero-order valence-corrected chi connectivity index (χ0v) is 10.8. The van der Waals surface area contributed by atoms with E-state index < -0.39 is 11.4 Å². The minimum Gasteiger partial charge on any atom is -0.375 e. The largest absolute Gasteiger partial charge is 0.375 e. The number of amides is 2. The van der Waals surface area contributed by atoms with Gasteiger partial charge in [-0.3, -0.25) is 9.59 Å². The molecular formula is C11H16N4O2S. The quantitative estimate of drug-likeness (QED) is 0.747. The number of nitrogen functional groups attached to an aromatic ring is 1. The Morgan fingerprint density at radius 3 is 2.50 bits per heavy atom. The van der Waals surface area contributed by atoms with Crippen molar-refractivity contribution in [3.8, 4) is 0 Å². The first kappa shape index (κ1) is 12.8. The molecule has 0 bridgehead atoms. The molecule has 1 heterocycles. The summed E-state index contributed by atoms with van der Waals surface area (Å²) in [5.41, 5.74) is 10.0. The molecule has 98 valence electrons. The molecule has 1 aliphatic rings. The van der Waals surface area contributed by atoms with Crippen LogP contribution in [0, 0.1) is 0 Å². The van der Waals surface area contributed by atoms with Crippen molar-refractivity contribution in [2.45, 2.75) is 37.6 Å². The molecule has 0 atom stereocenters. The number of carbonyl (C=O) groups is 2. The van der Waals surface area contributed by atoms with Gasteiger partial charge in [-0.25, -0.2) is 4.98 Å². The summed E-state index contributed by atoms with van der Waals surface area (Å²) in [4.78, 5) is 27.9. The maximum Gasteiger partial charge on any atom is 0.263 e. The summed E-state index contributed by atoms with van der Waals surface area (Å²) in [6.45, 7) is 0. The summed E-state index contributed by atoms with van der Waals surface area (Å²) in [5.74, 6) is -0.794. The standard InChI is InChI=1S/C11H16N4O2S/c12-9(17)11(4-2-1-3-5-11)15-8(16)7-6-14-10(13)18-7/h6H,1-5H2,(H2,12,17)(H2,13,14)(H,15,16). The van der Waals surface area contributed by atoms with E-state index in [1.165, 1.54) is 6.20 Å². The van der Waals surface area contributed by atoms with Crippen molar-refractivity contribution in [1.29, 1.82) is 0 Å². The fraction of sp³-hybridized carbons (Fsp3) is 0.545. The molecule has 1 aromatic heterocycles. The minimum atomic E-state index is -0.909. The van der Waals surface area contributed by atoms with Gasteiger partial charge in [-0.05, 0) is 12.8 Å². The molecule has 0 aromatic carbocycles. The van der Waals surface area contributed by atoms with Crippen LogP contribution in [0.4, 0.5) is 5.13 Å². The van der Waals surface area contributed by atoms with Crippen LogP contribution in [0.1, 0.15) is 41.8 Å². The van der Waals surface area contributed by atoms with E-state index in [0.29, 0.717) is 22.9 Å². The molecular weight excluding hydrogens is 252 g/mol. The van der Waals surface area contributed by atoms with Gasteiger partial charge in [-0.1, -0.05) is 30.6 Å². The van der Waals surface area contributed by atoms with Crippen molar-refractivity contribution in [3.05, 3.63) is 11.1 Å². The van der Waals surface area contributed by atoms with Gasteiger partial charge in [0, 0.05) is 0 Å². The number of rotatable bonds is 3. The zero-order chi connectivity index (χ0) is 13.2. The highest BCUT2D eigenvalue weighted by Crippen LogP contribution is 2.28. The summed E-state index contributed by atoms with van der Waals surface area (Å²) in [6, 6.07) is 0. The first-order chi connectivity index (χ1) is 8.53. The third-order valence-corrected chi connectivity index (χ3v) is 4.10. The lowest BCUT2D eigenvalue weighted by Gasteiger charge is -2.34. The van der Waals surface area contributed by atoms with Gasteiger partial charge < -0.3 is 16.8 Å². The van der Waals surface area contributed by atoms with Crippen LogP contribution in [0.5, 0.6) is 0 Å². The Morgan fingerprint density at radius 2 is 2.00 bits per heavy atom. The molecule has 0 radical (unpaired) electrons. The van der Waals surface area contributed by atoms with Crippen molar-refractivity contribution < 1.29 is 9.59 Å². The number of anilines is 1. The van der Waals surface area contributed by atoms with E-state index in [0.717, 1.165) is 30.6 Å². The Morgan fingerprint density at radius 1 is 1.33 bits per heavy atom. The highest BCUT2D eigenvalue weighted by atomic mass is 32.1. The van der Waals surface area contributed by atoms with Gasteiger partial charge in [-0.15, -0.1) is 0 Å². The molecule has 1 fully saturated rings. The SMILES string of the molecule is NC(=O)C1(NC(=O)c2cnc(N)s2)CCCCC1. The summed E-state index contributed by atoms with van der Waals surface area (Å²) >= 11 is 1.10. The van der Waals surface area contributed by atoms with Gasteiger partial charge in [0.1, 0.15) is 10.4 Å². The van der Waals surface area contributed by atoms with Crippen LogP contribution in [0.2, 0.25) is 0 Å². The summed E-state index contributed by atoms with van der Waals surface area (Å²) < 4.78 is 0. The van der Waals surface area contributed by atoms with Crippen LogP contribution < -0.4 is 16.8 Å². The van der Waals surface area contributed by atoms with Crippen LogP contribution in [-0.2, 0) is 4.79 Å². The number of aromatic nitrogens is 1. The maximum atomic E-state index is 12.0. The van der Waals surface area contributed by atoms with E-state index in [1.807, 2.05) is 0 Å². The average Bonchev–Trinajstić information content (AvgIpc) is 2.77. The predicted octanol–water partition coefficient (Wildman–Crippen LogP) is 0.643. The molecule has 18 heavy (non-hydrogen) atoms. The number of hydrogen-bond acceptors (Lipinski definition) is 5. The predicted molar refractivity (Wildman–Crippen MR) is 69.0 cm³/mol. The van der Waals surface area contributed by atoms with E-state index in [-0.39, 0.29) is 5.91 Å². The maximum absolute atomic E-state index is 12.0. The van der Waals surface area contributed by atoms with Gasteiger partial charge in [-0.2, -0.15) is 0 Å². The van der Waals surface area contributed by atoms with Gasteiger partial charge in [0.15, 0.2) is 5.13 Å². The Balaban J connectivity index is 2.14. The second kappa shape index (κ2) is 4.93. The van der Waals surface area contributed by atoms with E-state index >= 15 is 0 Å². The Hall–Kier alpha value is -1.63. The van der Waals surface area contributed by atoms with Gasteiger partial charge in [0.05, 0.1) is 6.20 Å². The topological polar surface area (TPSA) is 111 Å². The lowest BCUT2D eigenvalue weighted by atomic mass is 9.81. The number of nitrogens with zero attached hydrogens (tertiary/aromatic N) is 1. The van der Waals surface area contributed by atoms with Crippen LogP contribution in [0.25, 0.3) is 0 Å². The van der Waals surface area contributed by atoms with Crippen molar-refractivity contribution in [2.75, 3.05) is 5.73 Å². The minimum absolute atomic E-state index is 0.329. The van der Waals surface area contributed by atoms with Crippen LogP contribution in [0.15, 0.2) is 6.20 Å². The highest BCUT2D eigenvalue weighted by Gasteiger charge is 2.39. The molecule has 1 aromatic rings. The fourth-order valence-corrected chi connectivity index (χ4v) is 2.84. The summed E-state index contributed by atoms with van der Waals surface area (Å²) in [6.07, 6.45) is 5.47. The number of thiazole rings is 1. The van der Waals surface area contributed by atoms with E-state index in [4.69, 9.17) is 11.5 Å². The first-order valence-electron chi connectivity index (χ1n) is 5.87. The Kier molecular flexibility index (Phi) is 3.51. The molecule has 6 nitrogen and oxygen atoms in total. The van der Waals surface area contributed by atoms with Crippen molar-refractivity contribution >= 4 is 28.3 Å². The monoisotopic (exact) mass is 268 g/mol. The summed E-state index contributed by atoms with van der Waals surface area (Å²) in [7, 11) is 0. The second-order valence-electron chi connectivity index (χ2n) is 4.52. The third-order valence-electron chi connectivity index (χ3n) is 3.28. The van der Waals surface area contributed by atoms with Crippen molar-refractivity contribution in [3.63, 3.8) is 0 Å². The molecule has 0 spiro atoms.